The maximum absolute atomic E-state index is 6.22. The molecular weight excluding hydrogens is 258 g/mol. The molecule has 1 aromatic carbocycles. The van der Waals surface area contributed by atoms with Gasteiger partial charge < -0.3 is 5.73 Å². The molecule has 1 aliphatic carbocycles. The lowest BCUT2D eigenvalue weighted by Crippen LogP contribution is -2.57. The van der Waals surface area contributed by atoms with Crippen molar-refractivity contribution < 1.29 is 0 Å². The molecule has 1 aliphatic heterocycles. The van der Waals surface area contributed by atoms with Crippen LogP contribution in [0.15, 0.2) is 30.3 Å². The van der Waals surface area contributed by atoms with Gasteiger partial charge in [-0.3, -0.25) is 9.80 Å². The Hall–Kier alpha value is -0.900. The van der Waals surface area contributed by atoms with Crippen LogP contribution in [0.2, 0.25) is 0 Å². The summed E-state index contributed by atoms with van der Waals surface area (Å²) >= 11 is 0. The van der Waals surface area contributed by atoms with Crippen molar-refractivity contribution in [2.24, 2.45) is 11.7 Å². The fraction of sp³-hybridized carbons (Fsp3) is 0.667. The molecule has 1 heterocycles. The number of rotatable bonds is 6. The van der Waals surface area contributed by atoms with Crippen molar-refractivity contribution in [1.82, 2.24) is 9.80 Å². The normalized spacial score (nSPS) is 28.2. The highest BCUT2D eigenvalue weighted by Crippen LogP contribution is 2.39. The Kier molecular flexibility index (Phi) is 4.34. The van der Waals surface area contributed by atoms with Gasteiger partial charge in [0.15, 0.2) is 0 Å². The molecule has 21 heavy (non-hydrogen) atoms. The number of hydrogen-bond acceptors (Lipinski definition) is 3. The third-order valence-corrected chi connectivity index (χ3v) is 5.70. The minimum atomic E-state index is 0.177. The Morgan fingerprint density at radius 3 is 2.67 bits per heavy atom. The Morgan fingerprint density at radius 1 is 1.33 bits per heavy atom. The lowest BCUT2D eigenvalue weighted by molar-refractivity contribution is 0.0785. The monoisotopic (exact) mass is 287 g/mol. The van der Waals surface area contributed by atoms with Gasteiger partial charge in [0.25, 0.3) is 0 Å². The molecule has 2 unspecified atom stereocenters. The van der Waals surface area contributed by atoms with Crippen LogP contribution in [0, 0.1) is 5.92 Å². The Balaban J connectivity index is 1.64. The topological polar surface area (TPSA) is 32.5 Å². The van der Waals surface area contributed by atoms with Gasteiger partial charge >= 0.3 is 0 Å². The molecule has 2 atom stereocenters. The minimum absolute atomic E-state index is 0.177. The van der Waals surface area contributed by atoms with E-state index in [9.17, 15) is 0 Å². The SMILES string of the molecule is CC(C1CC1)N(C)C1(CN)CCN(Cc2ccccc2)C1. The van der Waals surface area contributed by atoms with Crippen molar-refractivity contribution in [3.05, 3.63) is 35.9 Å². The smallest absolute Gasteiger partial charge is 0.0470 e. The van der Waals surface area contributed by atoms with Gasteiger partial charge in [-0.15, -0.1) is 0 Å². The third kappa shape index (κ3) is 3.15. The maximum Gasteiger partial charge on any atom is 0.0470 e. The highest BCUT2D eigenvalue weighted by Gasteiger charge is 2.44. The Labute approximate surface area is 129 Å². The number of likely N-dealkylation sites (tertiary alicyclic amines) is 1. The van der Waals surface area contributed by atoms with E-state index in [1.807, 2.05) is 0 Å². The first-order valence-corrected chi connectivity index (χ1v) is 8.34. The first-order chi connectivity index (χ1) is 10.1. The van der Waals surface area contributed by atoms with Crippen molar-refractivity contribution >= 4 is 0 Å². The zero-order valence-electron chi connectivity index (χ0n) is 13.5. The molecule has 2 fully saturated rings. The van der Waals surface area contributed by atoms with E-state index in [-0.39, 0.29) is 5.54 Å². The van der Waals surface area contributed by atoms with Gasteiger partial charge in [0.1, 0.15) is 0 Å². The molecule has 0 spiro atoms. The van der Waals surface area contributed by atoms with Crippen LogP contribution in [0.3, 0.4) is 0 Å². The zero-order chi connectivity index (χ0) is 14.9. The number of nitrogens with zero attached hydrogens (tertiary/aromatic N) is 2. The first-order valence-electron chi connectivity index (χ1n) is 8.34. The van der Waals surface area contributed by atoms with E-state index in [0.717, 1.165) is 32.1 Å². The van der Waals surface area contributed by atoms with E-state index in [1.165, 1.54) is 24.8 Å². The van der Waals surface area contributed by atoms with Crippen molar-refractivity contribution in [3.63, 3.8) is 0 Å². The Bertz CT molecular complexity index is 457. The molecule has 2 N–H and O–H groups in total. The van der Waals surface area contributed by atoms with E-state index in [0.29, 0.717) is 6.04 Å². The molecule has 2 aliphatic rings. The quantitative estimate of drug-likeness (QED) is 0.871. The second-order valence-corrected chi connectivity index (χ2v) is 7.06. The van der Waals surface area contributed by atoms with Gasteiger partial charge in [-0.25, -0.2) is 0 Å². The average molecular weight is 287 g/mol. The summed E-state index contributed by atoms with van der Waals surface area (Å²) in [6.45, 7) is 6.47. The van der Waals surface area contributed by atoms with Gasteiger partial charge in [-0.2, -0.15) is 0 Å². The molecule has 3 heteroatoms. The largest absolute Gasteiger partial charge is 0.329 e. The standard InChI is InChI=1S/C18H29N3/c1-15(17-8-9-17)20(2)18(13-19)10-11-21(14-18)12-16-6-4-3-5-7-16/h3-7,15,17H,8-14,19H2,1-2H3. The predicted octanol–water partition coefficient (Wildman–Crippen LogP) is 2.32. The van der Waals surface area contributed by atoms with Gasteiger partial charge in [0.05, 0.1) is 0 Å². The van der Waals surface area contributed by atoms with Crippen LogP contribution in [0.5, 0.6) is 0 Å². The second kappa shape index (κ2) is 6.07. The lowest BCUT2D eigenvalue weighted by atomic mass is 9.94. The van der Waals surface area contributed by atoms with Crippen molar-refractivity contribution in [1.29, 1.82) is 0 Å². The van der Waals surface area contributed by atoms with Gasteiger partial charge in [0.2, 0.25) is 0 Å². The molecule has 3 rings (SSSR count). The molecule has 1 aromatic rings. The van der Waals surface area contributed by atoms with Crippen LogP contribution in [-0.2, 0) is 6.54 Å². The zero-order valence-corrected chi connectivity index (χ0v) is 13.5. The molecular formula is C18H29N3. The van der Waals surface area contributed by atoms with E-state index in [1.54, 1.807) is 0 Å². The molecule has 0 amide bonds. The van der Waals surface area contributed by atoms with Gasteiger partial charge in [-0.05, 0) is 44.7 Å². The third-order valence-electron chi connectivity index (χ3n) is 5.70. The second-order valence-electron chi connectivity index (χ2n) is 7.06. The maximum atomic E-state index is 6.22. The first kappa shape index (κ1) is 15.0. The van der Waals surface area contributed by atoms with Gasteiger partial charge in [-0.1, -0.05) is 30.3 Å². The van der Waals surface area contributed by atoms with Crippen molar-refractivity contribution in [2.75, 3.05) is 26.7 Å². The minimum Gasteiger partial charge on any atom is -0.329 e. The summed E-state index contributed by atoms with van der Waals surface area (Å²) in [5.41, 5.74) is 7.80. The van der Waals surface area contributed by atoms with Crippen LogP contribution < -0.4 is 5.73 Å². The van der Waals surface area contributed by atoms with E-state index >= 15 is 0 Å². The summed E-state index contributed by atoms with van der Waals surface area (Å²) in [7, 11) is 2.29. The summed E-state index contributed by atoms with van der Waals surface area (Å²) in [5, 5.41) is 0. The summed E-state index contributed by atoms with van der Waals surface area (Å²) in [6, 6.07) is 11.5. The van der Waals surface area contributed by atoms with Crippen LogP contribution in [0.4, 0.5) is 0 Å². The summed E-state index contributed by atoms with van der Waals surface area (Å²) in [5.74, 6) is 0.904. The molecule has 116 valence electrons. The number of benzene rings is 1. The lowest BCUT2D eigenvalue weighted by Gasteiger charge is -2.42. The van der Waals surface area contributed by atoms with Crippen LogP contribution in [0.25, 0.3) is 0 Å². The average Bonchev–Trinajstić information content (AvgIpc) is 3.29. The van der Waals surface area contributed by atoms with Crippen molar-refractivity contribution in [2.45, 2.75) is 44.3 Å². The molecule has 1 saturated heterocycles. The molecule has 0 aromatic heterocycles. The summed E-state index contributed by atoms with van der Waals surface area (Å²) < 4.78 is 0. The molecule has 1 saturated carbocycles. The van der Waals surface area contributed by atoms with Crippen LogP contribution >= 0.6 is 0 Å². The predicted molar refractivity (Wildman–Crippen MR) is 88.1 cm³/mol. The summed E-state index contributed by atoms with van der Waals surface area (Å²) in [4.78, 5) is 5.16. The summed E-state index contributed by atoms with van der Waals surface area (Å²) in [6.07, 6.45) is 4.00. The number of likely N-dealkylation sites (N-methyl/N-ethyl adjacent to an activating group) is 1. The fourth-order valence-corrected chi connectivity index (χ4v) is 3.84. The van der Waals surface area contributed by atoms with E-state index in [2.05, 4.69) is 54.1 Å². The highest BCUT2D eigenvalue weighted by molar-refractivity contribution is 5.15. The molecule has 3 nitrogen and oxygen atoms in total. The number of hydrogen-bond donors (Lipinski definition) is 1. The molecule has 0 bridgehead atoms. The van der Waals surface area contributed by atoms with E-state index < -0.39 is 0 Å². The van der Waals surface area contributed by atoms with Gasteiger partial charge in [0, 0.05) is 37.8 Å². The molecule has 0 radical (unpaired) electrons. The Morgan fingerprint density at radius 2 is 2.05 bits per heavy atom. The number of nitrogens with two attached hydrogens (primary N) is 1. The van der Waals surface area contributed by atoms with E-state index in [4.69, 9.17) is 5.73 Å². The van der Waals surface area contributed by atoms with Crippen molar-refractivity contribution in [3.8, 4) is 0 Å². The van der Waals surface area contributed by atoms with Crippen LogP contribution in [0.1, 0.15) is 31.7 Å². The highest BCUT2D eigenvalue weighted by atomic mass is 15.3. The van der Waals surface area contributed by atoms with Crippen LogP contribution in [-0.4, -0.2) is 48.1 Å². The fourth-order valence-electron chi connectivity index (χ4n) is 3.84.